The van der Waals surface area contributed by atoms with E-state index in [1.165, 1.54) is 17.0 Å². The van der Waals surface area contributed by atoms with Gasteiger partial charge in [0.25, 0.3) is 0 Å². The zero-order chi connectivity index (χ0) is 18.7. The van der Waals surface area contributed by atoms with Crippen molar-refractivity contribution >= 4 is 11.6 Å². The molecule has 0 radical (unpaired) electrons. The summed E-state index contributed by atoms with van der Waals surface area (Å²) in [4.78, 5) is 16.2. The lowest BCUT2D eigenvalue weighted by molar-refractivity contribution is -0.137. The summed E-state index contributed by atoms with van der Waals surface area (Å²) in [5, 5.41) is 2.55. The highest BCUT2D eigenvalue weighted by Gasteiger charge is 2.31. The summed E-state index contributed by atoms with van der Waals surface area (Å²) in [7, 11) is 0. The predicted molar refractivity (Wildman–Crippen MR) is 92.1 cm³/mol. The van der Waals surface area contributed by atoms with E-state index in [1.807, 2.05) is 6.07 Å². The van der Waals surface area contributed by atoms with Crippen LogP contribution in [0.1, 0.15) is 16.8 Å². The molecule has 1 heterocycles. The molecular formula is C19H16F3N3O. The standard InChI is InChI=1S/C19H16F3N3O/c1-13-11-25(12-23-13)17-9-15(19(20,21)22)8-16(10-17)24-18(26)7-14-5-3-2-4-6-14/h2-6,8-12H,7H2,1H3,(H,24,26). The summed E-state index contributed by atoms with van der Waals surface area (Å²) >= 11 is 0. The number of amides is 1. The maximum Gasteiger partial charge on any atom is 0.416 e. The van der Waals surface area contributed by atoms with Crippen molar-refractivity contribution in [2.75, 3.05) is 5.32 Å². The van der Waals surface area contributed by atoms with Gasteiger partial charge in [-0.3, -0.25) is 4.79 Å². The number of imidazole rings is 1. The molecule has 0 aliphatic heterocycles. The number of alkyl halides is 3. The van der Waals surface area contributed by atoms with Crippen molar-refractivity contribution in [1.29, 1.82) is 0 Å². The Kier molecular flexibility index (Phi) is 4.79. The maximum absolute atomic E-state index is 13.2. The lowest BCUT2D eigenvalue weighted by atomic mass is 10.1. The Balaban J connectivity index is 1.89. The highest BCUT2D eigenvalue weighted by atomic mass is 19.4. The van der Waals surface area contributed by atoms with E-state index in [0.717, 1.165) is 17.7 Å². The molecule has 26 heavy (non-hydrogen) atoms. The van der Waals surface area contributed by atoms with Crippen molar-refractivity contribution in [2.45, 2.75) is 19.5 Å². The number of carbonyl (C=O) groups excluding carboxylic acids is 1. The maximum atomic E-state index is 13.2. The molecule has 0 bridgehead atoms. The van der Waals surface area contributed by atoms with E-state index in [9.17, 15) is 18.0 Å². The van der Waals surface area contributed by atoms with E-state index < -0.39 is 11.7 Å². The first kappa shape index (κ1) is 17.7. The molecular weight excluding hydrogens is 343 g/mol. The molecule has 3 rings (SSSR count). The van der Waals surface area contributed by atoms with Gasteiger partial charge in [0.15, 0.2) is 0 Å². The Hall–Kier alpha value is -3.09. The summed E-state index contributed by atoms with van der Waals surface area (Å²) in [6.07, 6.45) is -1.40. The van der Waals surface area contributed by atoms with Crippen LogP contribution in [0.4, 0.5) is 18.9 Å². The van der Waals surface area contributed by atoms with Crippen molar-refractivity contribution in [1.82, 2.24) is 9.55 Å². The molecule has 134 valence electrons. The van der Waals surface area contributed by atoms with E-state index in [4.69, 9.17) is 0 Å². The molecule has 0 atom stereocenters. The van der Waals surface area contributed by atoms with Gasteiger partial charge < -0.3 is 9.88 Å². The molecule has 0 aliphatic carbocycles. The number of nitrogens with zero attached hydrogens (tertiary/aromatic N) is 2. The van der Waals surface area contributed by atoms with Crippen LogP contribution in [0.25, 0.3) is 5.69 Å². The highest BCUT2D eigenvalue weighted by molar-refractivity contribution is 5.92. The second-order valence-corrected chi connectivity index (χ2v) is 5.90. The van der Waals surface area contributed by atoms with Crippen LogP contribution >= 0.6 is 0 Å². The number of rotatable bonds is 4. The molecule has 0 aliphatic rings. The van der Waals surface area contributed by atoms with Gasteiger partial charge in [0, 0.05) is 17.6 Å². The molecule has 7 heteroatoms. The average Bonchev–Trinajstić information content (AvgIpc) is 3.01. The summed E-state index contributed by atoms with van der Waals surface area (Å²) in [6, 6.07) is 12.4. The molecule has 0 fully saturated rings. The predicted octanol–water partition coefficient (Wildman–Crippen LogP) is 4.38. The van der Waals surface area contributed by atoms with E-state index in [-0.39, 0.29) is 23.7 Å². The van der Waals surface area contributed by atoms with Crippen LogP contribution in [0, 0.1) is 6.92 Å². The third-order valence-corrected chi connectivity index (χ3v) is 3.75. The van der Waals surface area contributed by atoms with E-state index in [1.54, 1.807) is 37.4 Å². The lowest BCUT2D eigenvalue weighted by Crippen LogP contribution is -2.16. The zero-order valence-electron chi connectivity index (χ0n) is 13.9. The third kappa shape index (κ3) is 4.30. The summed E-state index contributed by atoms with van der Waals surface area (Å²) < 4.78 is 41.1. The largest absolute Gasteiger partial charge is 0.416 e. The minimum atomic E-state index is -4.52. The minimum Gasteiger partial charge on any atom is -0.326 e. The van der Waals surface area contributed by atoms with Crippen molar-refractivity contribution in [3.63, 3.8) is 0 Å². The van der Waals surface area contributed by atoms with Crippen LogP contribution < -0.4 is 5.32 Å². The smallest absolute Gasteiger partial charge is 0.326 e. The molecule has 1 amide bonds. The van der Waals surface area contributed by atoms with Crippen molar-refractivity contribution in [3.8, 4) is 5.69 Å². The highest BCUT2D eigenvalue weighted by Crippen LogP contribution is 2.33. The van der Waals surface area contributed by atoms with Crippen LogP contribution in [0.15, 0.2) is 61.1 Å². The fraction of sp³-hybridized carbons (Fsp3) is 0.158. The van der Waals surface area contributed by atoms with Gasteiger partial charge in [-0.25, -0.2) is 4.98 Å². The first-order valence-corrected chi connectivity index (χ1v) is 7.88. The number of anilines is 1. The van der Waals surface area contributed by atoms with E-state index in [2.05, 4.69) is 10.3 Å². The van der Waals surface area contributed by atoms with Gasteiger partial charge in [-0.05, 0) is 30.7 Å². The number of halogens is 3. The van der Waals surface area contributed by atoms with Crippen molar-refractivity contribution in [2.24, 2.45) is 0 Å². The van der Waals surface area contributed by atoms with Gasteiger partial charge in [0.2, 0.25) is 5.91 Å². The number of carbonyl (C=O) groups is 1. The first-order chi connectivity index (χ1) is 12.3. The number of hydrogen-bond acceptors (Lipinski definition) is 2. The normalized spacial score (nSPS) is 11.4. The monoisotopic (exact) mass is 359 g/mol. The van der Waals surface area contributed by atoms with Crippen molar-refractivity contribution in [3.05, 3.63) is 77.9 Å². The SMILES string of the molecule is Cc1cn(-c2cc(NC(=O)Cc3ccccc3)cc(C(F)(F)F)c2)cn1. The molecule has 0 spiro atoms. The fourth-order valence-electron chi connectivity index (χ4n) is 2.54. The number of hydrogen-bond donors (Lipinski definition) is 1. The number of aryl methyl sites for hydroxylation is 1. The van der Waals surface area contributed by atoms with Gasteiger partial charge in [-0.2, -0.15) is 13.2 Å². The Morgan fingerprint density at radius 1 is 1.15 bits per heavy atom. The van der Waals surface area contributed by atoms with Crippen LogP contribution in [0.2, 0.25) is 0 Å². The molecule has 1 N–H and O–H groups in total. The molecule has 0 saturated carbocycles. The third-order valence-electron chi connectivity index (χ3n) is 3.75. The van der Waals surface area contributed by atoms with Gasteiger partial charge in [0.1, 0.15) is 0 Å². The van der Waals surface area contributed by atoms with Crippen LogP contribution in [0.3, 0.4) is 0 Å². The lowest BCUT2D eigenvalue weighted by Gasteiger charge is -2.13. The molecule has 0 saturated heterocycles. The fourth-order valence-corrected chi connectivity index (χ4v) is 2.54. The van der Waals surface area contributed by atoms with Crippen LogP contribution in [0.5, 0.6) is 0 Å². The van der Waals surface area contributed by atoms with Crippen LogP contribution in [-0.4, -0.2) is 15.5 Å². The summed E-state index contributed by atoms with van der Waals surface area (Å²) in [5.74, 6) is -0.386. The molecule has 1 aromatic heterocycles. The van der Waals surface area contributed by atoms with Gasteiger partial charge >= 0.3 is 6.18 Å². The van der Waals surface area contributed by atoms with Gasteiger partial charge in [0.05, 0.1) is 24.0 Å². The Morgan fingerprint density at radius 3 is 2.50 bits per heavy atom. The van der Waals surface area contributed by atoms with E-state index >= 15 is 0 Å². The van der Waals surface area contributed by atoms with E-state index in [0.29, 0.717) is 5.69 Å². The topological polar surface area (TPSA) is 46.9 Å². The second kappa shape index (κ2) is 7.03. The van der Waals surface area contributed by atoms with Crippen molar-refractivity contribution < 1.29 is 18.0 Å². The Morgan fingerprint density at radius 2 is 1.88 bits per heavy atom. The molecule has 4 nitrogen and oxygen atoms in total. The summed E-state index contributed by atoms with van der Waals surface area (Å²) in [5.41, 5.74) is 0.980. The molecule has 2 aromatic carbocycles. The molecule has 3 aromatic rings. The zero-order valence-corrected chi connectivity index (χ0v) is 13.9. The second-order valence-electron chi connectivity index (χ2n) is 5.90. The minimum absolute atomic E-state index is 0.0800. The van der Waals surface area contributed by atoms with Gasteiger partial charge in [-0.15, -0.1) is 0 Å². The average molecular weight is 359 g/mol. The Bertz CT molecular complexity index is 917. The first-order valence-electron chi connectivity index (χ1n) is 7.88. The summed E-state index contributed by atoms with van der Waals surface area (Å²) in [6.45, 7) is 1.74. The number of aromatic nitrogens is 2. The number of benzene rings is 2. The Labute approximate surface area is 148 Å². The molecule has 0 unspecified atom stereocenters. The van der Waals surface area contributed by atoms with Gasteiger partial charge in [-0.1, -0.05) is 30.3 Å². The van der Waals surface area contributed by atoms with Crippen LogP contribution in [-0.2, 0) is 17.4 Å². The quantitative estimate of drug-likeness (QED) is 0.751. The number of nitrogens with one attached hydrogen (secondary N) is 1.